The van der Waals surface area contributed by atoms with E-state index in [1.54, 1.807) is 48.5 Å². The molecule has 0 N–H and O–H groups in total. The number of unbranched alkanes of at least 4 members (excludes halogenated alkanes) is 2. The first kappa shape index (κ1) is 51.3. The van der Waals surface area contributed by atoms with E-state index in [1.165, 1.54) is 4.31 Å². The molecule has 14 heteroatoms. The van der Waals surface area contributed by atoms with Crippen LogP contribution in [0.1, 0.15) is 19.3 Å². The summed E-state index contributed by atoms with van der Waals surface area (Å²) in [7, 11) is -3.71. The maximum absolute atomic E-state index is 13.3. The number of benzene rings is 2. The van der Waals surface area contributed by atoms with Gasteiger partial charge in [0.1, 0.15) is 13.2 Å². The molecule has 11 nitrogen and oxygen atoms in total. The Morgan fingerprint density at radius 3 is 1.69 bits per heavy atom. The largest absolute Gasteiger partial charge is 0 e. The first-order chi connectivity index (χ1) is 19.6. The molecule has 0 amide bonds. The van der Waals surface area contributed by atoms with Crippen LogP contribution >= 0.6 is 0 Å². The molecule has 3 rings (SSSR count). The van der Waals surface area contributed by atoms with Crippen LogP contribution in [0.15, 0.2) is 65.6 Å². The first-order valence-electron chi connectivity index (χ1n) is 10.4. The molecule has 0 saturated carbocycles. The minimum absolute atomic E-state index is 0. The van der Waals surface area contributed by atoms with Gasteiger partial charge in [-0.25, -0.2) is 8.42 Å². The summed E-state index contributed by atoms with van der Waals surface area (Å²) in [5.74, 6) is 3.72. The average Bonchev–Trinajstić information content (AvgIpc) is 3.04. The second-order valence-electron chi connectivity index (χ2n) is 6.28. The van der Waals surface area contributed by atoms with E-state index in [0.29, 0.717) is 49.8 Å². The fourth-order valence-electron chi connectivity index (χ4n) is 2.89. The third kappa shape index (κ3) is 19.6. The van der Waals surface area contributed by atoms with Crippen LogP contribution in [0.3, 0.4) is 0 Å². The predicted molar refractivity (Wildman–Crippen MR) is 134 cm³/mol. The molecular formula is C28H23Co2NO10S. The van der Waals surface area contributed by atoms with Crippen molar-refractivity contribution in [3.05, 3.63) is 101 Å². The van der Waals surface area contributed by atoms with Crippen LogP contribution in [0.25, 0.3) is 0 Å². The van der Waals surface area contributed by atoms with Crippen LogP contribution in [-0.4, -0.2) is 28.2 Å². The van der Waals surface area contributed by atoms with Crippen LogP contribution in [0.2, 0.25) is 0 Å². The number of sulfonamides is 1. The van der Waals surface area contributed by atoms with Crippen LogP contribution in [0.4, 0.5) is 5.69 Å². The van der Waals surface area contributed by atoms with Gasteiger partial charge in [0.15, 0.2) is 11.5 Å². The third-order valence-corrected chi connectivity index (χ3v) is 6.16. The molecule has 0 unspecified atom stereocenters. The standard InChI is InChI=1S/C22H23NO4S.6CO.2Co/c1-2-3-4-8-15-23(28(24,25)20-11-6-5-7-12-20)19-13-14-21-22(18-19)27-17-10-9-16-26-21;6*1-2;;/h1,5-7,9-14,18H,3-4,8,15-17H2;;;;;;;;/b10-9-;;;;;;;;. The molecule has 0 atom stereocenters. The monoisotopic (exact) mass is 683 g/mol. The van der Waals surface area contributed by atoms with E-state index in [2.05, 4.69) is 45.8 Å². The fraction of sp³-hybridized carbons (Fsp3) is 0.214. The van der Waals surface area contributed by atoms with Crippen molar-refractivity contribution in [3.8, 4) is 23.8 Å². The molecule has 224 valence electrons. The van der Waals surface area contributed by atoms with Crippen molar-refractivity contribution in [2.75, 3.05) is 24.1 Å². The quantitative estimate of drug-likeness (QED) is 0.142. The number of hydrogen-bond donors (Lipinski definition) is 0. The SMILES string of the molecule is C#CCCCCN(c1ccc2c(c1)OC/C=C\CO2)S(=O)(=O)c1ccccc1.[C-]#[O+].[C-]#[O+].[C-]#[O+].[C-]#[O+].[C-]#[O+].[C-]#[O+].[Co].[Co]. The summed E-state index contributed by atoms with van der Waals surface area (Å²) in [5.41, 5.74) is 0.538. The number of rotatable bonds is 7. The molecule has 0 spiro atoms. The second kappa shape index (κ2) is 37.5. The van der Waals surface area contributed by atoms with Gasteiger partial charge in [-0.3, -0.25) is 4.31 Å². The summed E-state index contributed by atoms with van der Waals surface area (Å²) in [5, 5.41) is 0. The van der Waals surface area contributed by atoms with Gasteiger partial charge in [-0.05, 0) is 49.3 Å². The van der Waals surface area contributed by atoms with Gasteiger partial charge in [-0.15, -0.1) is 12.3 Å². The maximum Gasteiger partial charge on any atom is 0 e. The van der Waals surface area contributed by atoms with Gasteiger partial charge >= 0.3 is 67.8 Å². The Labute approximate surface area is 266 Å². The van der Waals surface area contributed by atoms with E-state index >= 15 is 0 Å². The smallest absolute Gasteiger partial charge is 0 e. The molecule has 0 saturated heterocycles. The van der Waals surface area contributed by atoms with Gasteiger partial charge in [0.25, 0.3) is 10.0 Å². The Bertz CT molecular complexity index is 1200. The molecule has 2 aromatic rings. The zero-order valence-electron chi connectivity index (χ0n) is 21.7. The van der Waals surface area contributed by atoms with Gasteiger partial charge in [-0.2, -0.15) is 0 Å². The Morgan fingerprint density at radius 1 is 0.738 bits per heavy atom. The summed E-state index contributed by atoms with van der Waals surface area (Å²) in [6.07, 6.45) is 11.1. The number of fused-ring (bicyclic) bond motifs is 1. The normalized spacial score (nSPS) is 9.88. The molecule has 0 aliphatic carbocycles. The molecule has 42 heavy (non-hydrogen) atoms. The summed E-state index contributed by atoms with van der Waals surface area (Å²) >= 11 is 0. The van der Waals surface area contributed by atoms with Gasteiger partial charge in [0.05, 0.1) is 10.6 Å². The number of nitrogens with zero attached hydrogens (tertiary/aromatic N) is 1. The van der Waals surface area contributed by atoms with Crippen molar-refractivity contribution in [1.29, 1.82) is 0 Å². The summed E-state index contributed by atoms with van der Waals surface area (Å²) < 4.78 is 84.4. The molecule has 0 bridgehead atoms. The summed E-state index contributed by atoms with van der Waals surface area (Å²) in [4.78, 5) is 0.249. The van der Waals surface area contributed by atoms with Crippen LogP contribution in [0.5, 0.6) is 11.5 Å². The topological polar surface area (TPSA) is 175 Å². The Kier molecular flexibility index (Phi) is 45.9. The minimum Gasteiger partial charge on any atom is 0 e. The van der Waals surface area contributed by atoms with Crippen molar-refractivity contribution in [2.45, 2.75) is 24.2 Å². The van der Waals surface area contributed by atoms with Crippen molar-refractivity contribution in [3.63, 3.8) is 0 Å². The molecule has 1 heterocycles. The van der Waals surface area contributed by atoms with Gasteiger partial charge < -0.3 is 9.47 Å². The minimum atomic E-state index is -3.71. The van der Waals surface area contributed by atoms with Gasteiger partial charge in [0, 0.05) is 52.6 Å². The van der Waals surface area contributed by atoms with E-state index in [-0.39, 0.29) is 38.5 Å². The van der Waals surface area contributed by atoms with Crippen molar-refractivity contribution >= 4 is 15.7 Å². The summed E-state index contributed by atoms with van der Waals surface area (Å²) in [6.45, 7) is 28.2. The van der Waals surface area contributed by atoms with E-state index in [1.807, 2.05) is 12.2 Å². The number of anilines is 1. The molecular weight excluding hydrogens is 660 g/mol. The van der Waals surface area contributed by atoms with E-state index < -0.39 is 10.0 Å². The third-order valence-electron chi connectivity index (χ3n) is 4.32. The van der Waals surface area contributed by atoms with E-state index in [9.17, 15) is 8.42 Å². The van der Waals surface area contributed by atoms with Crippen LogP contribution < -0.4 is 13.8 Å². The second-order valence-corrected chi connectivity index (χ2v) is 8.14. The van der Waals surface area contributed by atoms with Crippen molar-refractivity contribution in [1.82, 2.24) is 0 Å². The zero-order chi connectivity index (χ0) is 31.8. The number of hydrogen-bond acceptors (Lipinski definition) is 4. The number of terminal acetylenes is 1. The van der Waals surface area contributed by atoms with Crippen LogP contribution in [-0.2, 0) is 71.5 Å². The number of ether oxygens (including phenoxy) is 2. The fourth-order valence-corrected chi connectivity index (χ4v) is 4.40. The van der Waals surface area contributed by atoms with Crippen molar-refractivity contribution in [2.24, 2.45) is 0 Å². The average molecular weight is 683 g/mol. The van der Waals surface area contributed by atoms with Crippen molar-refractivity contribution < 1.29 is 79.4 Å². The molecule has 2 radical (unpaired) electrons. The Balaban J connectivity index is -0.000000206. The first-order valence-corrected chi connectivity index (χ1v) is 11.9. The van der Waals surface area contributed by atoms with Gasteiger partial charge in [-0.1, -0.05) is 18.2 Å². The Hall–Kier alpha value is -3.46. The molecule has 2 aromatic carbocycles. The predicted octanol–water partition coefficient (Wildman–Crippen LogP) is 3.78. The van der Waals surface area contributed by atoms with E-state index in [0.717, 1.165) is 6.42 Å². The maximum atomic E-state index is 13.3. The molecule has 1 aliphatic heterocycles. The van der Waals surface area contributed by atoms with Crippen LogP contribution in [0, 0.1) is 52.2 Å². The Morgan fingerprint density at radius 2 is 1.21 bits per heavy atom. The zero-order valence-corrected chi connectivity index (χ0v) is 24.6. The van der Waals surface area contributed by atoms with Gasteiger partial charge in [0.2, 0.25) is 0 Å². The molecule has 1 aliphatic rings. The molecule has 0 aromatic heterocycles. The molecule has 0 fully saturated rings. The summed E-state index contributed by atoms with van der Waals surface area (Å²) in [6, 6.07) is 13.6. The van der Waals surface area contributed by atoms with E-state index in [4.69, 9.17) is 43.8 Å².